The van der Waals surface area contributed by atoms with Crippen molar-refractivity contribution in [3.05, 3.63) is 11.8 Å². The van der Waals surface area contributed by atoms with Gasteiger partial charge in [-0.2, -0.15) is 4.99 Å². The average Bonchev–Trinajstić information content (AvgIpc) is 2.20. The molecule has 88 valence electrons. The van der Waals surface area contributed by atoms with Crippen LogP contribution in [0.4, 0.5) is 0 Å². The smallest absolute Gasteiger partial charge is 0.225 e. The van der Waals surface area contributed by atoms with Crippen molar-refractivity contribution < 1.29 is 0 Å². The molecule has 0 aromatic rings. The molecule has 4 nitrogen and oxygen atoms in total. The van der Waals surface area contributed by atoms with E-state index in [1.54, 1.807) is 6.20 Å². The number of aliphatic imine (C=N–C) groups is 2. The molecule has 1 heterocycles. The lowest BCUT2D eigenvalue weighted by Crippen LogP contribution is -2.17. The standard InChI is InChI=1S/C10H14Cl2N4/c1-2-3-4-5-14-6-7-8(11)15-10(12)16-9(7)13/h6,13-14H,2-5H2,1H3/b7-6-,13-9?. The predicted octanol–water partition coefficient (Wildman–Crippen LogP) is 2.87. The van der Waals surface area contributed by atoms with Crippen molar-refractivity contribution in [3.8, 4) is 0 Å². The monoisotopic (exact) mass is 260 g/mol. The molecule has 0 aliphatic carbocycles. The molecule has 1 rings (SSSR count). The summed E-state index contributed by atoms with van der Waals surface area (Å²) < 4.78 is 0. The fourth-order valence-corrected chi connectivity index (χ4v) is 1.63. The minimum Gasteiger partial charge on any atom is -0.390 e. The Morgan fingerprint density at radius 2 is 2.06 bits per heavy atom. The Kier molecular flexibility index (Phi) is 5.49. The minimum absolute atomic E-state index is 0.00173. The predicted molar refractivity (Wildman–Crippen MR) is 69.9 cm³/mol. The van der Waals surface area contributed by atoms with Gasteiger partial charge in [-0.15, -0.1) is 0 Å². The van der Waals surface area contributed by atoms with Crippen molar-refractivity contribution in [2.45, 2.75) is 26.2 Å². The van der Waals surface area contributed by atoms with Gasteiger partial charge in [0, 0.05) is 12.7 Å². The Hall–Kier alpha value is -0.870. The molecule has 1 aliphatic rings. The molecule has 6 heteroatoms. The Morgan fingerprint density at radius 3 is 2.69 bits per heavy atom. The van der Waals surface area contributed by atoms with Crippen LogP contribution >= 0.6 is 23.2 Å². The topological polar surface area (TPSA) is 60.6 Å². The molecule has 0 bridgehead atoms. The van der Waals surface area contributed by atoms with Crippen molar-refractivity contribution in [3.63, 3.8) is 0 Å². The quantitative estimate of drug-likeness (QED) is 0.580. The lowest BCUT2D eigenvalue weighted by molar-refractivity contribution is 0.683. The fourth-order valence-electron chi connectivity index (χ4n) is 1.20. The molecule has 0 unspecified atom stereocenters. The normalized spacial score (nSPS) is 18.4. The van der Waals surface area contributed by atoms with Gasteiger partial charge in [-0.05, 0) is 18.0 Å². The van der Waals surface area contributed by atoms with Crippen LogP contribution in [0.2, 0.25) is 0 Å². The SMILES string of the molecule is CCCCCN/C=C1\C(=N)N=C(Cl)N=C1Cl. The molecule has 0 aromatic heterocycles. The van der Waals surface area contributed by atoms with Gasteiger partial charge < -0.3 is 5.32 Å². The molecule has 0 saturated heterocycles. The molecule has 0 saturated carbocycles. The van der Waals surface area contributed by atoms with E-state index in [9.17, 15) is 0 Å². The van der Waals surface area contributed by atoms with E-state index >= 15 is 0 Å². The first-order chi connectivity index (χ1) is 7.65. The summed E-state index contributed by atoms with van der Waals surface area (Å²) in [5.74, 6) is 0.0352. The maximum absolute atomic E-state index is 7.58. The lowest BCUT2D eigenvalue weighted by atomic mass is 10.2. The molecule has 2 N–H and O–H groups in total. The summed E-state index contributed by atoms with van der Waals surface area (Å²) in [6.07, 6.45) is 5.11. The first-order valence-corrected chi connectivity index (χ1v) is 5.92. The van der Waals surface area contributed by atoms with E-state index in [0.717, 1.165) is 13.0 Å². The summed E-state index contributed by atoms with van der Waals surface area (Å²) in [4.78, 5) is 7.49. The lowest BCUT2D eigenvalue weighted by Gasteiger charge is -2.09. The highest BCUT2D eigenvalue weighted by atomic mass is 35.5. The number of nitrogens with zero attached hydrogens (tertiary/aromatic N) is 2. The van der Waals surface area contributed by atoms with Gasteiger partial charge in [-0.25, -0.2) is 4.99 Å². The van der Waals surface area contributed by atoms with E-state index in [0.29, 0.717) is 5.57 Å². The largest absolute Gasteiger partial charge is 0.390 e. The first-order valence-electron chi connectivity index (χ1n) is 5.16. The van der Waals surface area contributed by atoms with E-state index in [1.807, 2.05) is 0 Å². The molecule has 0 atom stereocenters. The van der Waals surface area contributed by atoms with E-state index < -0.39 is 0 Å². The number of nitrogens with one attached hydrogen (secondary N) is 2. The Labute approximate surface area is 105 Å². The molecule has 0 radical (unpaired) electrons. The van der Waals surface area contributed by atoms with Crippen LogP contribution in [0.1, 0.15) is 26.2 Å². The van der Waals surface area contributed by atoms with E-state index in [1.165, 1.54) is 12.8 Å². The third-order valence-corrected chi connectivity index (χ3v) is 2.50. The highest BCUT2D eigenvalue weighted by molar-refractivity contribution is 6.78. The summed E-state index contributed by atoms with van der Waals surface area (Å²) in [7, 11) is 0. The van der Waals surface area contributed by atoms with Gasteiger partial charge in [-0.3, -0.25) is 5.41 Å². The molecular weight excluding hydrogens is 247 g/mol. The highest BCUT2D eigenvalue weighted by Crippen LogP contribution is 2.12. The van der Waals surface area contributed by atoms with Gasteiger partial charge in [0.15, 0.2) is 5.84 Å². The number of halogens is 2. The molecule has 1 aliphatic heterocycles. The van der Waals surface area contributed by atoms with Crippen molar-refractivity contribution in [1.29, 1.82) is 5.41 Å². The van der Waals surface area contributed by atoms with Gasteiger partial charge in [-0.1, -0.05) is 31.4 Å². The second kappa shape index (κ2) is 6.66. The number of rotatable bonds is 5. The highest BCUT2D eigenvalue weighted by Gasteiger charge is 2.16. The summed E-state index contributed by atoms with van der Waals surface area (Å²) >= 11 is 11.4. The number of amidine groups is 2. The van der Waals surface area contributed by atoms with E-state index in [4.69, 9.17) is 28.6 Å². The molecule has 0 amide bonds. The Balaban J connectivity index is 2.51. The minimum atomic E-state index is -0.00173. The van der Waals surface area contributed by atoms with Gasteiger partial charge in [0.25, 0.3) is 0 Å². The van der Waals surface area contributed by atoms with Gasteiger partial charge in [0.05, 0.1) is 5.57 Å². The number of hydrogen-bond acceptors (Lipinski definition) is 3. The van der Waals surface area contributed by atoms with Crippen LogP contribution in [0.25, 0.3) is 0 Å². The van der Waals surface area contributed by atoms with Crippen LogP contribution in [-0.2, 0) is 0 Å². The zero-order valence-corrected chi connectivity index (χ0v) is 10.6. The second-order valence-electron chi connectivity index (χ2n) is 3.35. The summed E-state index contributed by atoms with van der Waals surface area (Å²) in [6, 6.07) is 0. The van der Waals surface area contributed by atoms with Crippen molar-refractivity contribution in [1.82, 2.24) is 5.32 Å². The molecule has 0 spiro atoms. The third-order valence-electron chi connectivity index (χ3n) is 2.04. The zero-order chi connectivity index (χ0) is 12.0. The summed E-state index contributed by atoms with van der Waals surface area (Å²) in [5, 5.41) is 10.9. The second-order valence-corrected chi connectivity index (χ2v) is 4.05. The van der Waals surface area contributed by atoms with Crippen LogP contribution in [0.15, 0.2) is 21.8 Å². The average molecular weight is 261 g/mol. The van der Waals surface area contributed by atoms with Gasteiger partial charge in [0.2, 0.25) is 5.29 Å². The van der Waals surface area contributed by atoms with Crippen LogP contribution in [0.3, 0.4) is 0 Å². The van der Waals surface area contributed by atoms with Crippen molar-refractivity contribution in [2.75, 3.05) is 6.54 Å². The van der Waals surface area contributed by atoms with Crippen LogP contribution < -0.4 is 5.32 Å². The van der Waals surface area contributed by atoms with Crippen LogP contribution in [-0.4, -0.2) is 22.8 Å². The fraction of sp³-hybridized carbons (Fsp3) is 0.500. The van der Waals surface area contributed by atoms with Crippen molar-refractivity contribution in [2.24, 2.45) is 9.98 Å². The molecule has 16 heavy (non-hydrogen) atoms. The number of hydrogen-bond donors (Lipinski definition) is 2. The Morgan fingerprint density at radius 1 is 1.31 bits per heavy atom. The maximum Gasteiger partial charge on any atom is 0.225 e. The maximum atomic E-state index is 7.58. The van der Waals surface area contributed by atoms with Crippen LogP contribution in [0, 0.1) is 5.41 Å². The summed E-state index contributed by atoms with van der Waals surface area (Å²) in [6.45, 7) is 3.00. The number of unbranched alkanes of at least 4 members (excludes halogenated alkanes) is 2. The summed E-state index contributed by atoms with van der Waals surface area (Å²) in [5.41, 5.74) is 0.475. The van der Waals surface area contributed by atoms with E-state index in [-0.39, 0.29) is 16.3 Å². The van der Waals surface area contributed by atoms with Gasteiger partial charge >= 0.3 is 0 Å². The third kappa shape index (κ3) is 3.94. The van der Waals surface area contributed by atoms with Gasteiger partial charge in [0.1, 0.15) is 5.17 Å². The van der Waals surface area contributed by atoms with Crippen molar-refractivity contribution >= 4 is 39.5 Å². The Bertz CT molecular complexity index is 358. The van der Waals surface area contributed by atoms with E-state index in [2.05, 4.69) is 22.2 Å². The first kappa shape index (κ1) is 13.2. The van der Waals surface area contributed by atoms with Crippen LogP contribution in [0.5, 0.6) is 0 Å². The zero-order valence-electron chi connectivity index (χ0n) is 9.06. The molecular formula is C10H14Cl2N4. The molecule has 0 aromatic carbocycles. The molecule has 0 fully saturated rings.